The standard InChI is InChI=1S/C39H47FN6O4/c1-5-24-9-6-10-25-11-7-12-29(31(24)25)33-32(40)34-30(19-41-33)35(44-20-26-13-14-27(21-44)46(26)37(48)50-38(2,3)4)43-36(42-34)49-23-39-16-8-18-45(39)28(22-47)15-17-39/h6-7,9-12,19,26-28,47H,5,8,13-18,20-23H2,1-4H3/t26?,27?,28-,39?/m1/s1. The van der Waals surface area contributed by atoms with Gasteiger partial charge in [0.25, 0.3) is 0 Å². The molecule has 4 aromatic rings. The van der Waals surface area contributed by atoms with E-state index in [-0.39, 0.29) is 53.6 Å². The molecule has 2 aromatic heterocycles. The highest BCUT2D eigenvalue weighted by molar-refractivity contribution is 6.00. The van der Waals surface area contributed by atoms with Gasteiger partial charge < -0.3 is 19.5 Å². The molecule has 11 heteroatoms. The number of ether oxygens (including phenoxy) is 2. The van der Waals surface area contributed by atoms with Crippen LogP contribution in [-0.4, -0.2) is 98.1 Å². The molecule has 0 aliphatic carbocycles. The Bertz CT molecular complexity index is 1930. The SMILES string of the molecule is CCc1cccc2cccc(-c3ncc4c(N5CC6CCC(C5)N6C(=O)OC(C)(C)C)nc(OCC56CCCN5[C@@H](CO)CC6)nc4c3F)c12. The van der Waals surface area contributed by atoms with Crippen LogP contribution in [-0.2, 0) is 11.2 Å². The quantitative estimate of drug-likeness (QED) is 0.234. The third kappa shape index (κ3) is 5.62. The van der Waals surface area contributed by atoms with Crippen molar-refractivity contribution in [2.45, 2.75) is 102 Å². The zero-order valence-corrected chi connectivity index (χ0v) is 29.5. The molecule has 10 nitrogen and oxygen atoms in total. The Morgan fingerprint density at radius 1 is 1.06 bits per heavy atom. The number of aliphatic hydroxyl groups is 1. The first-order valence-electron chi connectivity index (χ1n) is 18.2. The molecule has 4 aliphatic heterocycles. The lowest BCUT2D eigenvalue weighted by atomic mass is 9.95. The fraction of sp³-hybridized carbons (Fsp3) is 0.538. The van der Waals surface area contributed by atoms with E-state index in [0.29, 0.717) is 30.9 Å². The lowest BCUT2D eigenvalue weighted by Gasteiger charge is -2.42. The number of carbonyl (C=O) groups is 1. The lowest BCUT2D eigenvalue weighted by molar-refractivity contribution is 0.0122. The van der Waals surface area contributed by atoms with E-state index in [0.717, 1.165) is 73.4 Å². The second-order valence-corrected chi connectivity index (χ2v) is 15.5. The van der Waals surface area contributed by atoms with Crippen molar-refractivity contribution in [3.8, 4) is 17.3 Å². The van der Waals surface area contributed by atoms with Crippen molar-refractivity contribution < 1.29 is 23.8 Å². The molecule has 3 unspecified atom stereocenters. The van der Waals surface area contributed by atoms with Crippen LogP contribution in [0, 0.1) is 5.82 Å². The number of nitrogens with zero attached hydrogens (tertiary/aromatic N) is 6. The molecule has 0 saturated carbocycles. The first-order valence-corrected chi connectivity index (χ1v) is 18.2. The number of rotatable bonds is 7. The molecular weight excluding hydrogens is 635 g/mol. The monoisotopic (exact) mass is 682 g/mol. The van der Waals surface area contributed by atoms with Crippen LogP contribution in [0.1, 0.15) is 71.8 Å². The summed E-state index contributed by atoms with van der Waals surface area (Å²) >= 11 is 0. The Morgan fingerprint density at radius 3 is 2.54 bits per heavy atom. The number of halogens is 1. The summed E-state index contributed by atoms with van der Waals surface area (Å²) in [5, 5.41) is 12.6. The Balaban J connectivity index is 1.20. The smallest absolute Gasteiger partial charge is 0.410 e. The van der Waals surface area contributed by atoms with E-state index in [4.69, 9.17) is 24.4 Å². The van der Waals surface area contributed by atoms with Crippen molar-refractivity contribution in [1.29, 1.82) is 0 Å². The van der Waals surface area contributed by atoms with Crippen LogP contribution in [0.15, 0.2) is 42.6 Å². The highest BCUT2D eigenvalue weighted by Gasteiger charge is 2.50. The maximum Gasteiger partial charge on any atom is 0.410 e. The molecule has 2 aromatic carbocycles. The van der Waals surface area contributed by atoms with Gasteiger partial charge in [-0.2, -0.15) is 9.97 Å². The minimum absolute atomic E-state index is 0.0574. The summed E-state index contributed by atoms with van der Waals surface area (Å²) in [5.41, 5.74) is 1.50. The Kier molecular flexibility index (Phi) is 8.33. The molecule has 4 saturated heterocycles. The largest absolute Gasteiger partial charge is 0.461 e. The molecule has 0 radical (unpaired) electrons. The van der Waals surface area contributed by atoms with E-state index >= 15 is 4.39 Å². The number of anilines is 1. The van der Waals surface area contributed by atoms with Crippen molar-refractivity contribution in [1.82, 2.24) is 24.8 Å². The summed E-state index contributed by atoms with van der Waals surface area (Å²) in [6, 6.07) is 12.2. The van der Waals surface area contributed by atoms with Crippen LogP contribution in [0.2, 0.25) is 0 Å². The van der Waals surface area contributed by atoms with Gasteiger partial charge in [0, 0.05) is 30.9 Å². The molecule has 4 aliphatic rings. The summed E-state index contributed by atoms with van der Waals surface area (Å²) in [5.74, 6) is 0.0583. The van der Waals surface area contributed by atoms with E-state index in [1.807, 2.05) is 56.0 Å². The summed E-state index contributed by atoms with van der Waals surface area (Å²) in [6.45, 7) is 10.2. The number of carbonyl (C=O) groups excluding carboxylic acids is 1. The van der Waals surface area contributed by atoms with Gasteiger partial charge in [0.2, 0.25) is 0 Å². The Labute approximate surface area is 292 Å². The molecule has 264 valence electrons. The minimum Gasteiger partial charge on any atom is -0.461 e. The molecule has 1 amide bonds. The molecular formula is C39H47FN6O4. The van der Waals surface area contributed by atoms with Crippen molar-refractivity contribution >= 4 is 33.6 Å². The zero-order valence-electron chi connectivity index (χ0n) is 29.5. The lowest BCUT2D eigenvalue weighted by Crippen LogP contribution is -2.57. The van der Waals surface area contributed by atoms with E-state index in [1.165, 1.54) is 0 Å². The molecule has 1 N–H and O–H groups in total. The zero-order chi connectivity index (χ0) is 34.8. The fourth-order valence-corrected chi connectivity index (χ4v) is 9.12. The second-order valence-electron chi connectivity index (χ2n) is 15.5. The first kappa shape index (κ1) is 33.1. The molecule has 0 spiro atoms. The summed E-state index contributed by atoms with van der Waals surface area (Å²) < 4.78 is 29.3. The molecule has 6 heterocycles. The maximum absolute atomic E-state index is 17.1. The van der Waals surface area contributed by atoms with Gasteiger partial charge in [0.15, 0.2) is 5.82 Å². The molecule has 50 heavy (non-hydrogen) atoms. The number of hydrogen-bond acceptors (Lipinski definition) is 9. The van der Waals surface area contributed by atoms with Gasteiger partial charge in [-0.25, -0.2) is 9.18 Å². The number of piperazine rings is 1. The number of amides is 1. The van der Waals surface area contributed by atoms with Crippen molar-refractivity contribution in [3.05, 3.63) is 54.0 Å². The normalized spacial score (nSPS) is 25.1. The second kappa shape index (κ2) is 12.6. The van der Waals surface area contributed by atoms with Crippen LogP contribution >= 0.6 is 0 Å². The number of aryl methyl sites for hydroxylation is 1. The first-order chi connectivity index (χ1) is 24.1. The topological polar surface area (TPSA) is 104 Å². The van der Waals surface area contributed by atoms with E-state index in [2.05, 4.69) is 22.8 Å². The Hall–Kier alpha value is -4.09. The number of pyridine rings is 1. The predicted octanol–water partition coefficient (Wildman–Crippen LogP) is 6.50. The van der Waals surface area contributed by atoms with Crippen molar-refractivity contribution in [2.24, 2.45) is 0 Å². The average molecular weight is 683 g/mol. The molecule has 2 bridgehead atoms. The number of aromatic nitrogens is 3. The van der Waals surface area contributed by atoms with Crippen LogP contribution in [0.25, 0.3) is 32.9 Å². The number of fused-ring (bicyclic) bond motifs is 5. The van der Waals surface area contributed by atoms with Gasteiger partial charge in [-0.15, -0.1) is 0 Å². The minimum atomic E-state index is -0.587. The van der Waals surface area contributed by atoms with Crippen molar-refractivity contribution in [3.63, 3.8) is 0 Å². The summed E-state index contributed by atoms with van der Waals surface area (Å²) in [4.78, 5) is 34.1. The van der Waals surface area contributed by atoms with Crippen LogP contribution in [0.4, 0.5) is 15.0 Å². The van der Waals surface area contributed by atoms with E-state index in [1.54, 1.807) is 6.20 Å². The summed E-state index contributed by atoms with van der Waals surface area (Å²) in [6.07, 6.45) is 7.79. The molecule has 4 atom stereocenters. The van der Waals surface area contributed by atoms with E-state index in [9.17, 15) is 9.90 Å². The number of hydrogen-bond donors (Lipinski definition) is 1. The number of benzene rings is 2. The fourth-order valence-electron chi connectivity index (χ4n) is 9.12. The van der Waals surface area contributed by atoms with Crippen LogP contribution in [0.5, 0.6) is 6.01 Å². The van der Waals surface area contributed by atoms with Gasteiger partial charge in [-0.05, 0) is 88.6 Å². The predicted molar refractivity (Wildman–Crippen MR) is 191 cm³/mol. The maximum atomic E-state index is 17.1. The molecule has 4 fully saturated rings. The third-order valence-corrected chi connectivity index (χ3v) is 11.4. The Morgan fingerprint density at radius 2 is 1.82 bits per heavy atom. The van der Waals surface area contributed by atoms with Crippen LogP contribution in [0.3, 0.4) is 0 Å². The average Bonchev–Trinajstić information content (AvgIpc) is 3.75. The highest BCUT2D eigenvalue weighted by atomic mass is 19.1. The molecule has 8 rings (SSSR count). The summed E-state index contributed by atoms with van der Waals surface area (Å²) in [7, 11) is 0. The van der Waals surface area contributed by atoms with Gasteiger partial charge in [-0.3, -0.25) is 14.8 Å². The van der Waals surface area contributed by atoms with Gasteiger partial charge >= 0.3 is 12.1 Å². The van der Waals surface area contributed by atoms with Gasteiger partial charge in [-0.1, -0.05) is 43.3 Å². The van der Waals surface area contributed by atoms with Gasteiger partial charge in [0.1, 0.15) is 29.2 Å². The highest BCUT2D eigenvalue weighted by Crippen LogP contribution is 2.43. The van der Waals surface area contributed by atoms with E-state index < -0.39 is 11.4 Å². The van der Waals surface area contributed by atoms with Crippen molar-refractivity contribution in [2.75, 3.05) is 37.7 Å². The third-order valence-electron chi connectivity index (χ3n) is 11.4. The van der Waals surface area contributed by atoms with Crippen LogP contribution < -0.4 is 9.64 Å². The number of aliphatic hydroxyl groups excluding tert-OH is 1. The van der Waals surface area contributed by atoms with Gasteiger partial charge in [0.05, 0.1) is 29.6 Å².